The molecule has 0 aliphatic heterocycles. The highest BCUT2D eigenvalue weighted by atomic mass is 32.2. The molecule has 0 radical (unpaired) electrons. The summed E-state index contributed by atoms with van der Waals surface area (Å²) in [6, 6.07) is 5.52. The summed E-state index contributed by atoms with van der Waals surface area (Å²) in [6.07, 6.45) is 5.11. The van der Waals surface area contributed by atoms with E-state index in [1.54, 1.807) is 12.1 Å². The van der Waals surface area contributed by atoms with Crippen LogP contribution < -0.4 is 0 Å². The summed E-state index contributed by atoms with van der Waals surface area (Å²) in [5.41, 5.74) is 2.15. The largest absolute Gasteiger partial charge is 0.478 e. The topological polar surface area (TPSA) is 55.1 Å². The van der Waals surface area contributed by atoms with Gasteiger partial charge in [-0.3, -0.25) is 0 Å². The van der Waals surface area contributed by atoms with Gasteiger partial charge in [0.05, 0.1) is 16.6 Å². The molecule has 21 heavy (non-hydrogen) atoms. The molecule has 0 saturated carbocycles. The Labute approximate surface area is 129 Å². The lowest BCUT2D eigenvalue weighted by molar-refractivity contribution is 0.0697. The maximum Gasteiger partial charge on any atom is 0.335 e. The summed E-state index contributed by atoms with van der Waals surface area (Å²) in [7, 11) is 0. The first-order chi connectivity index (χ1) is 10.1. The predicted molar refractivity (Wildman–Crippen MR) is 88.4 cm³/mol. The highest BCUT2D eigenvalue weighted by Gasteiger charge is 2.16. The third-order valence-electron chi connectivity index (χ3n) is 3.66. The zero-order valence-electron chi connectivity index (χ0n) is 12.8. The van der Waals surface area contributed by atoms with Gasteiger partial charge in [-0.15, -0.1) is 0 Å². The van der Waals surface area contributed by atoms with Crippen molar-refractivity contribution in [2.24, 2.45) is 0 Å². The van der Waals surface area contributed by atoms with Crippen molar-refractivity contribution in [1.29, 1.82) is 0 Å². The number of carboxylic acid groups (broad SMARTS) is 1. The maximum absolute atomic E-state index is 11.2. The van der Waals surface area contributed by atoms with Crippen molar-refractivity contribution in [1.82, 2.24) is 9.55 Å². The van der Waals surface area contributed by atoms with Crippen molar-refractivity contribution in [2.75, 3.05) is 12.0 Å². The Hall–Kier alpha value is -1.49. The van der Waals surface area contributed by atoms with Crippen molar-refractivity contribution in [2.45, 2.75) is 39.2 Å². The number of hydrogen-bond acceptors (Lipinski definition) is 3. The van der Waals surface area contributed by atoms with Crippen LogP contribution in [0.4, 0.5) is 0 Å². The number of nitrogens with zero attached hydrogens (tertiary/aromatic N) is 2. The van der Waals surface area contributed by atoms with Gasteiger partial charge in [0.2, 0.25) is 0 Å². The molecular weight excluding hydrogens is 284 g/mol. The summed E-state index contributed by atoms with van der Waals surface area (Å²) < 4.78 is 2.22. The second-order valence-electron chi connectivity index (χ2n) is 5.29. The molecule has 2 rings (SSSR count). The fourth-order valence-electron chi connectivity index (χ4n) is 2.59. The minimum Gasteiger partial charge on any atom is -0.478 e. The zero-order chi connectivity index (χ0) is 15.4. The first-order valence-corrected chi connectivity index (χ1v) is 8.71. The fraction of sp³-hybridized carbons (Fsp3) is 0.500. The van der Waals surface area contributed by atoms with Gasteiger partial charge in [0.1, 0.15) is 5.82 Å². The number of carbonyl (C=O) groups is 1. The molecule has 0 aliphatic rings. The van der Waals surface area contributed by atoms with Gasteiger partial charge in [-0.05, 0) is 50.0 Å². The Morgan fingerprint density at radius 1 is 1.48 bits per heavy atom. The smallest absolute Gasteiger partial charge is 0.335 e. The summed E-state index contributed by atoms with van der Waals surface area (Å²) in [5.74, 6) is 1.26. The van der Waals surface area contributed by atoms with Gasteiger partial charge >= 0.3 is 5.97 Å². The van der Waals surface area contributed by atoms with E-state index in [0.29, 0.717) is 11.6 Å². The second kappa shape index (κ2) is 6.98. The monoisotopic (exact) mass is 306 g/mol. The number of aromatic nitrogens is 2. The molecule has 5 heteroatoms. The van der Waals surface area contributed by atoms with E-state index in [-0.39, 0.29) is 0 Å². The number of carboxylic acids is 1. The van der Waals surface area contributed by atoms with E-state index in [1.165, 1.54) is 0 Å². The molecule has 1 N–H and O–H groups in total. The maximum atomic E-state index is 11.2. The SMILES string of the molecule is CCCc1nc2ccc(C(=O)O)cc2n1C(C)CCSC. The van der Waals surface area contributed by atoms with Crippen LogP contribution in [0.2, 0.25) is 0 Å². The van der Waals surface area contributed by atoms with Crippen LogP contribution in [0, 0.1) is 0 Å². The zero-order valence-corrected chi connectivity index (χ0v) is 13.6. The van der Waals surface area contributed by atoms with Crippen LogP contribution in [0.1, 0.15) is 48.9 Å². The molecule has 0 saturated heterocycles. The van der Waals surface area contributed by atoms with Crippen LogP contribution in [-0.4, -0.2) is 32.6 Å². The molecule has 4 nitrogen and oxygen atoms in total. The molecule has 0 bridgehead atoms. The van der Waals surface area contributed by atoms with Gasteiger partial charge in [0.25, 0.3) is 0 Å². The minimum absolute atomic E-state index is 0.323. The minimum atomic E-state index is -0.890. The third-order valence-corrected chi connectivity index (χ3v) is 4.31. The molecule has 1 heterocycles. The number of hydrogen-bond donors (Lipinski definition) is 1. The van der Waals surface area contributed by atoms with E-state index < -0.39 is 5.97 Å². The Morgan fingerprint density at radius 3 is 2.86 bits per heavy atom. The van der Waals surface area contributed by atoms with E-state index in [1.807, 2.05) is 17.8 Å². The standard InChI is InChI=1S/C16H22N2O2S/c1-4-5-15-17-13-7-6-12(16(19)20)10-14(13)18(15)11(2)8-9-21-3/h6-7,10-11H,4-5,8-9H2,1-3H3,(H,19,20). The van der Waals surface area contributed by atoms with Crippen LogP contribution in [0.25, 0.3) is 11.0 Å². The van der Waals surface area contributed by atoms with Crippen molar-refractivity contribution in [3.8, 4) is 0 Å². The number of aromatic carboxylic acids is 1. The van der Waals surface area contributed by atoms with Gasteiger partial charge in [0, 0.05) is 12.5 Å². The van der Waals surface area contributed by atoms with Crippen molar-refractivity contribution in [3.05, 3.63) is 29.6 Å². The van der Waals surface area contributed by atoms with Gasteiger partial charge in [-0.25, -0.2) is 9.78 Å². The van der Waals surface area contributed by atoms with Gasteiger partial charge in [0.15, 0.2) is 0 Å². The number of aryl methyl sites for hydroxylation is 1. The van der Waals surface area contributed by atoms with Crippen molar-refractivity contribution >= 4 is 28.8 Å². The van der Waals surface area contributed by atoms with Crippen LogP contribution in [0.5, 0.6) is 0 Å². The quantitative estimate of drug-likeness (QED) is 0.840. The number of benzene rings is 1. The first-order valence-electron chi connectivity index (χ1n) is 7.31. The Bertz CT molecular complexity index is 636. The lowest BCUT2D eigenvalue weighted by Crippen LogP contribution is -2.10. The highest BCUT2D eigenvalue weighted by molar-refractivity contribution is 7.98. The van der Waals surface area contributed by atoms with Crippen LogP contribution in [-0.2, 0) is 6.42 Å². The van der Waals surface area contributed by atoms with Crippen molar-refractivity contribution in [3.63, 3.8) is 0 Å². The van der Waals surface area contributed by atoms with E-state index in [9.17, 15) is 9.90 Å². The molecule has 1 aromatic heterocycles. The molecule has 1 atom stereocenters. The first kappa shape index (κ1) is 15.9. The number of imidazole rings is 1. The fourth-order valence-corrected chi connectivity index (χ4v) is 3.16. The molecule has 1 unspecified atom stereocenters. The summed E-state index contributed by atoms with van der Waals surface area (Å²) in [6.45, 7) is 4.32. The van der Waals surface area contributed by atoms with E-state index in [2.05, 4.69) is 24.7 Å². The molecule has 0 fully saturated rings. The summed E-state index contributed by atoms with van der Waals surface area (Å²) >= 11 is 1.83. The molecule has 114 valence electrons. The highest BCUT2D eigenvalue weighted by Crippen LogP contribution is 2.26. The lowest BCUT2D eigenvalue weighted by atomic mass is 10.2. The predicted octanol–water partition coefficient (Wildman–Crippen LogP) is 4.00. The average Bonchev–Trinajstić information content (AvgIpc) is 2.82. The molecule has 2 aromatic rings. The number of thioether (sulfide) groups is 1. The molecule has 0 spiro atoms. The van der Waals surface area contributed by atoms with Crippen LogP contribution in [0.3, 0.4) is 0 Å². The lowest BCUT2D eigenvalue weighted by Gasteiger charge is -2.17. The normalized spacial score (nSPS) is 12.7. The molecule has 0 amide bonds. The molecular formula is C16H22N2O2S. The Kier molecular flexibility index (Phi) is 5.28. The molecule has 1 aromatic carbocycles. The number of rotatable bonds is 7. The second-order valence-corrected chi connectivity index (χ2v) is 6.27. The van der Waals surface area contributed by atoms with Crippen LogP contribution >= 0.6 is 11.8 Å². The number of fused-ring (bicyclic) bond motifs is 1. The van der Waals surface area contributed by atoms with Crippen LogP contribution in [0.15, 0.2) is 18.2 Å². The van der Waals surface area contributed by atoms with Crippen molar-refractivity contribution < 1.29 is 9.90 Å². The summed E-state index contributed by atoms with van der Waals surface area (Å²) in [4.78, 5) is 15.9. The Morgan fingerprint density at radius 2 is 2.24 bits per heavy atom. The van der Waals surface area contributed by atoms with E-state index in [4.69, 9.17) is 4.98 Å². The summed E-state index contributed by atoms with van der Waals surface area (Å²) in [5, 5.41) is 9.19. The van der Waals surface area contributed by atoms with Gasteiger partial charge in [-0.2, -0.15) is 11.8 Å². The molecule has 0 aliphatic carbocycles. The van der Waals surface area contributed by atoms with E-state index >= 15 is 0 Å². The van der Waals surface area contributed by atoms with Gasteiger partial charge < -0.3 is 9.67 Å². The van der Waals surface area contributed by atoms with E-state index in [0.717, 1.165) is 41.9 Å². The average molecular weight is 306 g/mol. The Balaban J connectivity index is 2.52. The van der Waals surface area contributed by atoms with Gasteiger partial charge in [-0.1, -0.05) is 6.92 Å². The third kappa shape index (κ3) is 3.40.